The lowest BCUT2D eigenvalue weighted by Gasteiger charge is -2.23. The minimum absolute atomic E-state index is 0.125. The first kappa shape index (κ1) is 17.4. The molecule has 6 nitrogen and oxygen atoms in total. The van der Waals surface area contributed by atoms with Gasteiger partial charge in [0.05, 0.1) is 6.07 Å². The number of alkyl carbamates (subject to hydrolysis) is 1. The van der Waals surface area contributed by atoms with Crippen molar-refractivity contribution >= 4 is 27.9 Å². The van der Waals surface area contributed by atoms with Crippen molar-refractivity contribution < 1.29 is 14.3 Å². The van der Waals surface area contributed by atoms with Crippen molar-refractivity contribution in [2.45, 2.75) is 38.8 Å². The minimum atomic E-state index is -0.838. The molecule has 0 aromatic heterocycles. The highest BCUT2D eigenvalue weighted by molar-refractivity contribution is 9.11. The molecule has 7 heteroatoms. The maximum atomic E-state index is 11.7. The predicted molar refractivity (Wildman–Crippen MR) is 74.5 cm³/mol. The van der Waals surface area contributed by atoms with Crippen molar-refractivity contribution in [3.8, 4) is 6.07 Å². The van der Waals surface area contributed by atoms with Gasteiger partial charge in [-0.05, 0) is 25.3 Å². The van der Waals surface area contributed by atoms with Crippen LogP contribution in [0.15, 0.2) is 11.1 Å². The first-order valence-electron chi connectivity index (χ1n) is 5.63. The molecule has 0 heterocycles. The molecule has 0 aliphatic heterocycles. The SMILES string of the molecule is C=C(Br)C[C@H](NC(=O)OC(C)(C)C)C(=O)NCC#N. The Bertz CT molecular complexity index is 396. The summed E-state index contributed by atoms with van der Waals surface area (Å²) in [6.45, 7) is 8.66. The van der Waals surface area contributed by atoms with Crippen LogP contribution < -0.4 is 10.6 Å². The van der Waals surface area contributed by atoms with Crippen LogP contribution in [0.3, 0.4) is 0 Å². The number of rotatable bonds is 5. The molecule has 2 N–H and O–H groups in total. The lowest BCUT2D eigenvalue weighted by Crippen LogP contribution is -2.48. The number of carbonyl (C=O) groups excluding carboxylic acids is 2. The van der Waals surface area contributed by atoms with Crippen LogP contribution in [0.1, 0.15) is 27.2 Å². The van der Waals surface area contributed by atoms with Crippen LogP contribution in [0, 0.1) is 11.3 Å². The smallest absolute Gasteiger partial charge is 0.408 e. The van der Waals surface area contributed by atoms with Crippen molar-refractivity contribution in [2.75, 3.05) is 6.54 Å². The highest BCUT2D eigenvalue weighted by Gasteiger charge is 2.24. The number of nitrogens with zero attached hydrogens (tertiary/aromatic N) is 1. The first-order chi connectivity index (χ1) is 8.65. The molecule has 0 saturated heterocycles. The van der Waals surface area contributed by atoms with Crippen LogP contribution in [0.5, 0.6) is 0 Å². The fraction of sp³-hybridized carbons (Fsp3) is 0.583. The average molecular weight is 332 g/mol. The molecule has 0 aliphatic carbocycles. The van der Waals surface area contributed by atoms with Crippen molar-refractivity contribution in [1.29, 1.82) is 5.26 Å². The Kier molecular flexibility index (Phi) is 7.16. The molecule has 1 atom stereocenters. The van der Waals surface area contributed by atoms with Crippen LogP contribution in [0.4, 0.5) is 4.79 Å². The zero-order valence-electron chi connectivity index (χ0n) is 11.2. The van der Waals surface area contributed by atoms with Crippen molar-refractivity contribution in [2.24, 2.45) is 0 Å². The minimum Gasteiger partial charge on any atom is -0.444 e. The third-order valence-corrected chi connectivity index (χ3v) is 2.10. The molecular weight excluding hydrogens is 314 g/mol. The fourth-order valence-corrected chi connectivity index (χ4v) is 1.45. The standard InChI is InChI=1S/C12H18BrN3O3/c1-8(13)7-9(10(17)15-6-5-14)16-11(18)19-12(2,3)4/h9H,1,6-7H2,2-4H3,(H,15,17)(H,16,18)/t9-/m0/s1. The Morgan fingerprint density at radius 1 is 1.47 bits per heavy atom. The van der Waals surface area contributed by atoms with Crippen molar-refractivity contribution in [3.05, 3.63) is 11.1 Å². The van der Waals surface area contributed by atoms with Gasteiger partial charge in [-0.2, -0.15) is 5.26 Å². The summed E-state index contributed by atoms with van der Waals surface area (Å²) in [4.78, 5) is 23.3. The van der Waals surface area contributed by atoms with Crippen LogP contribution in [0.25, 0.3) is 0 Å². The van der Waals surface area contributed by atoms with Gasteiger partial charge in [0, 0.05) is 6.42 Å². The molecule has 0 radical (unpaired) electrons. The van der Waals surface area contributed by atoms with Gasteiger partial charge in [0.25, 0.3) is 0 Å². The van der Waals surface area contributed by atoms with Crippen LogP contribution in [-0.4, -0.2) is 30.2 Å². The summed E-state index contributed by atoms with van der Waals surface area (Å²) in [5.41, 5.74) is -0.650. The summed E-state index contributed by atoms with van der Waals surface area (Å²) in [6, 6.07) is 0.950. The highest BCUT2D eigenvalue weighted by Crippen LogP contribution is 2.12. The predicted octanol–water partition coefficient (Wildman–Crippen LogP) is 1.82. The molecule has 19 heavy (non-hydrogen) atoms. The molecule has 0 aliphatic rings. The Balaban J connectivity index is 4.59. The van der Waals surface area contributed by atoms with Crippen LogP contribution in [-0.2, 0) is 9.53 Å². The molecule has 2 amide bonds. The lowest BCUT2D eigenvalue weighted by molar-refractivity contribution is -0.122. The van der Waals surface area contributed by atoms with Crippen molar-refractivity contribution in [3.63, 3.8) is 0 Å². The van der Waals surface area contributed by atoms with E-state index in [-0.39, 0.29) is 13.0 Å². The summed E-state index contributed by atoms with van der Waals surface area (Å²) < 4.78 is 5.62. The van der Waals surface area contributed by atoms with E-state index in [0.29, 0.717) is 4.48 Å². The normalized spacial score (nSPS) is 11.9. The third-order valence-electron chi connectivity index (χ3n) is 1.77. The molecule has 0 unspecified atom stereocenters. The largest absolute Gasteiger partial charge is 0.444 e. The van der Waals surface area contributed by atoms with E-state index in [1.54, 1.807) is 26.8 Å². The second-order valence-electron chi connectivity index (χ2n) is 4.80. The number of hydrogen-bond acceptors (Lipinski definition) is 4. The maximum absolute atomic E-state index is 11.7. The van der Waals surface area contributed by atoms with Crippen molar-refractivity contribution in [1.82, 2.24) is 10.6 Å². The molecule has 0 saturated carbocycles. The van der Waals surface area contributed by atoms with Gasteiger partial charge in [0.15, 0.2) is 0 Å². The Hall–Kier alpha value is -1.55. The fourth-order valence-electron chi connectivity index (χ4n) is 1.13. The molecule has 106 valence electrons. The average Bonchev–Trinajstić information content (AvgIpc) is 2.21. The van der Waals surface area contributed by atoms with Gasteiger partial charge in [0.2, 0.25) is 5.91 Å². The van der Waals surface area contributed by atoms with Gasteiger partial charge >= 0.3 is 6.09 Å². The number of amides is 2. The second-order valence-corrected chi connectivity index (χ2v) is 5.92. The van der Waals surface area contributed by atoms with Gasteiger partial charge in [-0.25, -0.2) is 4.79 Å². The lowest BCUT2D eigenvalue weighted by atomic mass is 10.2. The number of carbonyl (C=O) groups is 2. The number of nitriles is 1. The number of hydrogen-bond donors (Lipinski definition) is 2. The molecule has 0 fully saturated rings. The van der Waals surface area contributed by atoms with E-state index in [1.807, 2.05) is 0 Å². The Labute approximate surface area is 121 Å². The van der Waals surface area contributed by atoms with Gasteiger partial charge in [-0.1, -0.05) is 22.5 Å². The third kappa shape index (κ3) is 9.08. The Morgan fingerprint density at radius 3 is 2.47 bits per heavy atom. The van der Waals surface area contributed by atoms with Gasteiger partial charge < -0.3 is 15.4 Å². The first-order valence-corrected chi connectivity index (χ1v) is 6.42. The summed E-state index contributed by atoms with van der Waals surface area (Å²) in [5, 5.41) is 13.2. The quantitative estimate of drug-likeness (QED) is 0.751. The zero-order valence-corrected chi connectivity index (χ0v) is 12.8. The number of ether oxygens (including phenoxy) is 1. The number of nitrogens with one attached hydrogen (secondary N) is 2. The van der Waals surface area contributed by atoms with Gasteiger partial charge in [-0.3, -0.25) is 4.79 Å². The second kappa shape index (κ2) is 7.79. The Morgan fingerprint density at radius 2 is 2.05 bits per heavy atom. The molecular formula is C12H18BrN3O3. The highest BCUT2D eigenvalue weighted by atomic mass is 79.9. The summed E-state index contributed by atoms with van der Waals surface area (Å²) in [6.07, 6.45) is -0.491. The van der Waals surface area contributed by atoms with E-state index in [4.69, 9.17) is 10.00 Å². The number of halogens is 1. The van der Waals surface area contributed by atoms with Crippen LogP contribution in [0.2, 0.25) is 0 Å². The monoisotopic (exact) mass is 331 g/mol. The topological polar surface area (TPSA) is 91.2 Å². The molecule has 0 spiro atoms. The molecule has 0 aromatic rings. The van der Waals surface area contributed by atoms with E-state index in [2.05, 4.69) is 33.1 Å². The van der Waals surface area contributed by atoms with E-state index in [1.165, 1.54) is 0 Å². The molecule has 0 aromatic carbocycles. The van der Waals surface area contributed by atoms with E-state index in [0.717, 1.165) is 0 Å². The van der Waals surface area contributed by atoms with E-state index in [9.17, 15) is 9.59 Å². The summed E-state index contributed by atoms with van der Waals surface area (Å²) in [7, 11) is 0. The van der Waals surface area contributed by atoms with Gasteiger partial charge in [-0.15, -0.1) is 0 Å². The summed E-state index contributed by atoms with van der Waals surface area (Å²) in [5.74, 6) is -0.465. The maximum Gasteiger partial charge on any atom is 0.408 e. The van der Waals surface area contributed by atoms with E-state index >= 15 is 0 Å². The van der Waals surface area contributed by atoms with Gasteiger partial charge in [0.1, 0.15) is 18.2 Å². The molecule has 0 bridgehead atoms. The van der Waals surface area contributed by atoms with Crippen LogP contribution >= 0.6 is 15.9 Å². The zero-order chi connectivity index (χ0) is 15.1. The van der Waals surface area contributed by atoms with E-state index < -0.39 is 23.6 Å². The summed E-state index contributed by atoms with van der Waals surface area (Å²) >= 11 is 3.13. The molecule has 0 rings (SSSR count).